The number of nitrogens with two attached hydrogens (primary N) is 2. The van der Waals surface area contributed by atoms with Crippen LogP contribution in [0.5, 0.6) is 0 Å². The van der Waals surface area contributed by atoms with Gasteiger partial charge in [-0.05, 0) is 53.5 Å². The van der Waals surface area contributed by atoms with Crippen molar-refractivity contribution in [2.75, 3.05) is 0 Å². The van der Waals surface area contributed by atoms with Crippen LogP contribution in [0.3, 0.4) is 0 Å². The van der Waals surface area contributed by atoms with Gasteiger partial charge in [0.2, 0.25) is 0 Å². The molecule has 2 rings (SSSR count). The monoisotopic (exact) mass is 329 g/mol. The maximum Gasteiger partial charge on any atom is 0.0701 e. The van der Waals surface area contributed by atoms with Gasteiger partial charge in [-0.2, -0.15) is 0 Å². The van der Waals surface area contributed by atoms with Gasteiger partial charge in [0, 0.05) is 15.3 Å². The molecular formula is C12H16IN3. The van der Waals surface area contributed by atoms with Gasteiger partial charge in [0.25, 0.3) is 0 Å². The highest BCUT2D eigenvalue weighted by molar-refractivity contribution is 14.1. The molecule has 4 N–H and O–H groups in total. The molecule has 3 nitrogen and oxygen atoms in total. The number of nitrogens with zero attached hydrogens (tertiary/aromatic N) is 1. The lowest BCUT2D eigenvalue weighted by molar-refractivity contribution is 0.297. The van der Waals surface area contributed by atoms with Gasteiger partial charge in [-0.1, -0.05) is 18.7 Å². The number of halogens is 1. The van der Waals surface area contributed by atoms with Gasteiger partial charge < -0.3 is 5.73 Å². The molecule has 1 aliphatic carbocycles. The first-order chi connectivity index (χ1) is 7.57. The summed E-state index contributed by atoms with van der Waals surface area (Å²) in [4.78, 5) is 0. The zero-order valence-electron chi connectivity index (χ0n) is 9.12. The largest absolute Gasteiger partial charge is 0.321 e. The second-order valence-corrected chi connectivity index (χ2v) is 5.43. The molecule has 1 heterocycles. The minimum atomic E-state index is -0.154. The van der Waals surface area contributed by atoms with Crippen LogP contribution in [-0.2, 0) is 0 Å². The van der Waals surface area contributed by atoms with Crippen LogP contribution >= 0.6 is 22.6 Å². The fourth-order valence-corrected chi connectivity index (χ4v) is 2.42. The summed E-state index contributed by atoms with van der Waals surface area (Å²) in [7, 11) is 0. The van der Waals surface area contributed by atoms with E-state index in [1.807, 2.05) is 12.3 Å². The summed E-state index contributed by atoms with van der Waals surface area (Å²) >= 11 is 2.22. The van der Waals surface area contributed by atoms with Crippen LogP contribution in [0.1, 0.15) is 19.3 Å². The van der Waals surface area contributed by atoms with Crippen molar-refractivity contribution in [2.45, 2.75) is 24.8 Å². The average Bonchev–Trinajstić information content (AvgIpc) is 2.24. The smallest absolute Gasteiger partial charge is 0.0701 e. The number of rotatable bonds is 2. The Balaban J connectivity index is 2.25. The first-order valence-electron chi connectivity index (χ1n) is 5.32. The molecule has 0 spiro atoms. The summed E-state index contributed by atoms with van der Waals surface area (Å²) in [6.45, 7) is 3.74. The van der Waals surface area contributed by atoms with Crippen LogP contribution in [0.4, 0.5) is 0 Å². The highest BCUT2D eigenvalue weighted by atomic mass is 127. The minimum Gasteiger partial charge on any atom is -0.321 e. The standard InChI is InChI=1S/C12H16IN3/c1-2-10(13)11-5-4-9(8-16(11)15)12(14)6-3-7-12/h2,4-5,8H,1,3,6-7,14-15H2/b11-10+. The Labute approximate surface area is 110 Å². The van der Waals surface area contributed by atoms with Crippen LogP contribution in [0.2, 0.25) is 0 Å². The third kappa shape index (κ3) is 1.97. The van der Waals surface area contributed by atoms with Crippen molar-refractivity contribution in [3.05, 3.63) is 45.9 Å². The molecule has 0 aromatic carbocycles. The normalized spacial score (nSPS) is 25.9. The Morgan fingerprint density at radius 3 is 2.62 bits per heavy atom. The van der Waals surface area contributed by atoms with Gasteiger partial charge in [0.15, 0.2) is 0 Å². The van der Waals surface area contributed by atoms with E-state index < -0.39 is 0 Å². The molecule has 86 valence electrons. The van der Waals surface area contributed by atoms with Crippen LogP contribution in [-0.4, -0.2) is 10.5 Å². The van der Waals surface area contributed by atoms with Gasteiger partial charge in [-0.15, -0.1) is 0 Å². The van der Waals surface area contributed by atoms with Crippen LogP contribution in [0.25, 0.3) is 0 Å². The molecule has 0 bridgehead atoms. The Hall–Kier alpha value is -0.590. The molecule has 0 saturated heterocycles. The van der Waals surface area contributed by atoms with Crippen LogP contribution < -0.4 is 11.6 Å². The van der Waals surface area contributed by atoms with Crippen molar-refractivity contribution in [1.29, 1.82) is 0 Å². The zero-order valence-corrected chi connectivity index (χ0v) is 11.3. The van der Waals surface area contributed by atoms with Crippen LogP contribution in [0.15, 0.2) is 45.9 Å². The molecule has 0 aromatic heterocycles. The highest BCUT2D eigenvalue weighted by Gasteiger charge is 2.36. The Bertz CT molecular complexity index is 402. The van der Waals surface area contributed by atoms with Crippen molar-refractivity contribution in [2.24, 2.45) is 11.6 Å². The quantitative estimate of drug-likeness (QED) is 0.604. The molecule has 0 unspecified atom stereocenters. The van der Waals surface area contributed by atoms with Crippen LogP contribution in [0, 0.1) is 0 Å². The summed E-state index contributed by atoms with van der Waals surface area (Å²) in [5, 5.41) is 1.63. The molecule has 16 heavy (non-hydrogen) atoms. The van der Waals surface area contributed by atoms with Crippen molar-refractivity contribution in [1.82, 2.24) is 5.01 Å². The predicted octanol–water partition coefficient (Wildman–Crippen LogP) is 2.33. The molecule has 2 aliphatic rings. The second kappa shape index (κ2) is 4.35. The third-order valence-electron chi connectivity index (χ3n) is 3.22. The van der Waals surface area contributed by atoms with Gasteiger partial charge in [0.1, 0.15) is 0 Å². The van der Waals surface area contributed by atoms with Gasteiger partial charge in [-0.3, -0.25) is 5.01 Å². The van der Waals surface area contributed by atoms with Crippen molar-refractivity contribution in [3.8, 4) is 0 Å². The van der Waals surface area contributed by atoms with Crippen molar-refractivity contribution >= 4 is 22.6 Å². The zero-order chi connectivity index (χ0) is 11.8. The van der Waals surface area contributed by atoms with E-state index in [9.17, 15) is 0 Å². The van der Waals surface area contributed by atoms with E-state index in [2.05, 4.69) is 35.2 Å². The van der Waals surface area contributed by atoms with E-state index in [1.165, 1.54) is 6.42 Å². The van der Waals surface area contributed by atoms with Crippen molar-refractivity contribution in [3.63, 3.8) is 0 Å². The van der Waals surface area contributed by atoms with E-state index in [4.69, 9.17) is 11.6 Å². The Morgan fingerprint density at radius 2 is 2.19 bits per heavy atom. The summed E-state index contributed by atoms with van der Waals surface area (Å²) in [6, 6.07) is 0. The lowest BCUT2D eigenvalue weighted by Crippen LogP contribution is -2.49. The number of hydrogen-bond donors (Lipinski definition) is 2. The van der Waals surface area contributed by atoms with Crippen molar-refractivity contribution < 1.29 is 0 Å². The second-order valence-electron chi connectivity index (χ2n) is 4.27. The lowest BCUT2D eigenvalue weighted by Gasteiger charge is -2.41. The van der Waals surface area contributed by atoms with Gasteiger partial charge in [-0.25, -0.2) is 5.84 Å². The molecule has 0 radical (unpaired) electrons. The average molecular weight is 329 g/mol. The maximum atomic E-state index is 6.25. The first-order valence-corrected chi connectivity index (χ1v) is 6.40. The SMILES string of the molecule is C=C/C(I)=C1/C=CC(C2(N)CCC2)=CN1N. The van der Waals surface area contributed by atoms with E-state index in [0.29, 0.717) is 0 Å². The molecule has 0 amide bonds. The first kappa shape index (κ1) is 11.9. The molecule has 0 aromatic rings. The Morgan fingerprint density at radius 1 is 1.50 bits per heavy atom. The van der Waals surface area contributed by atoms with Gasteiger partial charge in [0.05, 0.1) is 5.70 Å². The summed E-state index contributed by atoms with van der Waals surface area (Å²) in [5.41, 5.74) is 8.18. The minimum absolute atomic E-state index is 0.154. The fourth-order valence-electron chi connectivity index (χ4n) is 1.97. The summed E-state index contributed by atoms with van der Waals surface area (Å²) < 4.78 is 1.03. The molecule has 1 fully saturated rings. The number of allylic oxidation sites excluding steroid dienone is 3. The molecular weight excluding hydrogens is 313 g/mol. The van der Waals surface area contributed by atoms with E-state index >= 15 is 0 Å². The third-order valence-corrected chi connectivity index (χ3v) is 4.21. The Kier molecular flexibility index (Phi) is 3.23. The van der Waals surface area contributed by atoms with E-state index in [-0.39, 0.29) is 5.54 Å². The predicted molar refractivity (Wildman–Crippen MR) is 75.3 cm³/mol. The van der Waals surface area contributed by atoms with E-state index in [1.54, 1.807) is 11.1 Å². The number of hydrazine groups is 1. The molecule has 1 aliphatic heterocycles. The highest BCUT2D eigenvalue weighted by Crippen LogP contribution is 2.38. The molecule has 4 heteroatoms. The topological polar surface area (TPSA) is 55.3 Å². The lowest BCUT2D eigenvalue weighted by atomic mass is 9.72. The number of hydrogen-bond acceptors (Lipinski definition) is 3. The molecule has 1 saturated carbocycles. The summed E-state index contributed by atoms with van der Waals surface area (Å²) in [5.74, 6) is 5.96. The summed E-state index contributed by atoms with van der Waals surface area (Å²) in [6.07, 6.45) is 11.1. The fraction of sp³-hybridized carbons (Fsp3) is 0.333. The van der Waals surface area contributed by atoms with E-state index in [0.717, 1.165) is 27.7 Å². The molecule has 0 atom stereocenters. The van der Waals surface area contributed by atoms with Gasteiger partial charge >= 0.3 is 0 Å². The maximum absolute atomic E-state index is 6.25.